The van der Waals surface area contributed by atoms with Gasteiger partial charge >= 0.3 is 0 Å². The number of hydrogen-bond acceptors (Lipinski definition) is 3. The predicted molar refractivity (Wildman–Crippen MR) is 69.5 cm³/mol. The summed E-state index contributed by atoms with van der Waals surface area (Å²) in [5.74, 6) is 0.853. The zero-order valence-corrected chi connectivity index (χ0v) is 11.2. The third-order valence-corrected chi connectivity index (χ3v) is 3.27. The lowest BCUT2D eigenvalue weighted by molar-refractivity contribution is 0.267. The van der Waals surface area contributed by atoms with Gasteiger partial charge in [0.15, 0.2) is 0 Å². The molecule has 3 heteroatoms. The summed E-state index contributed by atoms with van der Waals surface area (Å²) in [5.41, 5.74) is 1.54. The van der Waals surface area contributed by atoms with Crippen molar-refractivity contribution in [3.8, 4) is 0 Å². The molecule has 0 spiro atoms. The molecular weight excluding hydrogens is 210 g/mol. The average molecular weight is 233 g/mol. The first-order valence-corrected chi connectivity index (χ1v) is 6.50. The van der Waals surface area contributed by atoms with Crippen molar-refractivity contribution in [3.05, 3.63) is 24.3 Å². The molecule has 1 aliphatic rings. The molecule has 94 valence electrons. The van der Waals surface area contributed by atoms with E-state index in [9.17, 15) is 0 Å². The molecular formula is C14H23N3. The van der Waals surface area contributed by atoms with Crippen LogP contribution in [0.15, 0.2) is 18.6 Å². The number of hydrogen-bond donors (Lipinski definition) is 0. The topological polar surface area (TPSA) is 29.0 Å². The first-order chi connectivity index (χ1) is 8.03. The largest absolute Gasteiger partial charge is 0.297 e. The fraction of sp³-hybridized carbons (Fsp3) is 0.714. The maximum atomic E-state index is 4.34. The van der Waals surface area contributed by atoms with Crippen LogP contribution in [-0.2, 0) is 6.54 Å². The van der Waals surface area contributed by atoms with Gasteiger partial charge in [0, 0.05) is 31.7 Å². The Morgan fingerprint density at radius 3 is 2.82 bits per heavy atom. The molecule has 0 bridgehead atoms. The van der Waals surface area contributed by atoms with Crippen LogP contribution in [0, 0.1) is 11.3 Å². The van der Waals surface area contributed by atoms with Gasteiger partial charge in [0.05, 0.1) is 5.69 Å². The van der Waals surface area contributed by atoms with Crippen LogP contribution >= 0.6 is 0 Å². The number of rotatable bonds is 3. The van der Waals surface area contributed by atoms with Gasteiger partial charge in [-0.3, -0.25) is 14.9 Å². The van der Waals surface area contributed by atoms with Crippen LogP contribution in [0.2, 0.25) is 0 Å². The van der Waals surface area contributed by atoms with Crippen LogP contribution in [0.1, 0.15) is 39.3 Å². The van der Waals surface area contributed by atoms with Crippen molar-refractivity contribution in [2.45, 2.75) is 40.2 Å². The molecule has 0 aromatic carbocycles. The second-order valence-corrected chi connectivity index (χ2v) is 6.35. The Labute approximate surface area is 104 Å². The van der Waals surface area contributed by atoms with Crippen molar-refractivity contribution in [2.75, 3.05) is 13.1 Å². The van der Waals surface area contributed by atoms with Gasteiger partial charge in [-0.2, -0.15) is 0 Å². The van der Waals surface area contributed by atoms with Crippen molar-refractivity contribution in [1.29, 1.82) is 0 Å². The maximum Gasteiger partial charge on any atom is 0.0726 e. The summed E-state index contributed by atoms with van der Waals surface area (Å²) in [7, 11) is 0. The van der Waals surface area contributed by atoms with Crippen LogP contribution in [0.25, 0.3) is 0 Å². The number of aromatic nitrogens is 2. The Kier molecular flexibility index (Phi) is 3.77. The maximum absolute atomic E-state index is 4.34. The standard InChI is InChI=1S/C14H23N3/c1-14(2,3)8-12-4-7-17(10-12)11-13-9-15-5-6-16-13/h5-6,9,12H,4,7-8,10-11H2,1-3H3. The van der Waals surface area contributed by atoms with E-state index in [1.54, 1.807) is 12.4 Å². The molecule has 0 amide bonds. The molecule has 1 aromatic rings. The number of nitrogens with zero attached hydrogens (tertiary/aromatic N) is 3. The Balaban J connectivity index is 1.82. The summed E-state index contributed by atoms with van der Waals surface area (Å²) in [6.07, 6.45) is 8.03. The Hall–Kier alpha value is -0.960. The first-order valence-electron chi connectivity index (χ1n) is 6.50. The molecule has 0 N–H and O–H groups in total. The summed E-state index contributed by atoms with van der Waals surface area (Å²) in [4.78, 5) is 11.0. The molecule has 3 nitrogen and oxygen atoms in total. The monoisotopic (exact) mass is 233 g/mol. The Morgan fingerprint density at radius 1 is 1.35 bits per heavy atom. The van der Waals surface area contributed by atoms with Gasteiger partial charge in [0.1, 0.15) is 0 Å². The molecule has 17 heavy (non-hydrogen) atoms. The van der Waals surface area contributed by atoms with Gasteiger partial charge < -0.3 is 0 Å². The normalized spacial score (nSPS) is 21.9. The lowest BCUT2D eigenvalue weighted by Crippen LogP contribution is -2.22. The molecule has 1 saturated heterocycles. The SMILES string of the molecule is CC(C)(C)CC1CCN(Cc2cnccn2)C1. The van der Waals surface area contributed by atoms with Crippen LogP contribution in [0.4, 0.5) is 0 Å². The molecule has 0 saturated carbocycles. The van der Waals surface area contributed by atoms with Crippen molar-refractivity contribution in [2.24, 2.45) is 11.3 Å². The van der Waals surface area contributed by atoms with Gasteiger partial charge in [-0.15, -0.1) is 0 Å². The third kappa shape index (κ3) is 4.08. The van der Waals surface area contributed by atoms with Crippen molar-refractivity contribution >= 4 is 0 Å². The van der Waals surface area contributed by atoms with E-state index in [2.05, 4.69) is 35.6 Å². The van der Waals surface area contributed by atoms with Gasteiger partial charge in [-0.05, 0) is 30.7 Å². The molecule has 1 fully saturated rings. The molecule has 0 radical (unpaired) electrons. The van der Waals surface area contributed by atoms with E-state index in [1.807, 2.05) is 6.20 Å². The lowest BCUT2D eigenvalue weighted by atomic mass is 9.84. The summed E-state index contributed by atoms with van der Waals surface area (Å²) in [6.45, 7) is 10.4. The summed E-state index contributed by atoms with van der Waals surface area (Å²) in [6, 6.07) is 0. The minimum atomic E-state index is 0.452. The van der Waals surface area contributed by atoms with Crippen molar-refractivity contribution in [3.63, 3.8) is 0 Å². The zero-order valence-electron chi connectivity index (χ0n) is 11.2. The molecule has 1 atom stereocenters. The minimum absolute atomic E-state index is 0.452. The predicted octanol–water partition coefficient (Wildman–Crippen LogP) is 2.73. The van der Waals surface area contributed by atoms with Gasteiger partial charge in [0.25, 0.3) is 0 Å². The van der Waals surface area contributed by atoms with E-state index in [4.69, 9.17) is 0 Å². The zero-order chi connectivity index (χ0) is 12.3. The summed E-state index contributed by atoms with van der Waals surface area (Å²) in [5, 5.41) is 0. The van der Waals surface area contributed by atoms with E-state index >= 15 is 0 Å². The summed E-state index contributed by atoms with van der Waals surface area (Å²) < 4.78 is 0. The van der Waals surface area contributed by atoms with E-state index in [1.165, 1.54) is 25.9 Å². The van der Waals surface area contributed by atoms with Gasteiger partial charge in [-0.25, -0.2) is 0 Å². The highest BCUT2D eigenvalue weighted by Gasteiger charge is 2.26. The Morgan fingerprint density at radius 2 is 2.18 bits per heavy atom. The highest BCUT2D eigenvalue weighted by Crippen LogP contribution is 2.30. The van der Waals surface area contributed by atoms with Crippen LogP contribution < -0.4 is 0 Å². The quantitative estimate of drug-likeness (QED) is 0.804. The fourth-order valence-electron chi connectivity index (χ4n) is 2.73. The lowest BCUT2D eigenvalue weighted by Gasteiger charge is -2.23. The average Bonchev–Trinajstić information content (AvgIpc) is 2.64. The van der Waals surface area contributed by atoms with Gasteiger partial charge in [0.2, 0.25) is 0 Å². The van der Waals surface area contributed by atoms with Gasteiger partial charge in [-0.1, -0.05) is 20.8 Å². The van der Waals surface area contributed by atoms with E-state index in [0.29, 0.717) is 5.41 Å². The second kappa shape index (κ2) is 5.13. The molecule has 1 unspecified atom stereocenters. The van der Waals surface area contributed by atoms with Crippen molar-refractivity contribution in [1.82, 2.24) is 14.9 Å². The molecule has 1 aliphatic heterocycles. The molecule has 2 rings (SSSR count). The van der Waals surface area contributed by atoms with Crippen molar-refractivity contribution < 1.29 is 0 Å². The van der Waals surface area contributed by atoms with Crippen LogP contribution in [-0.4, -0.2) is 28.0 Å². The van der Waals surface area contributed by atoms with Crippen LogP contribution in [0.5, 0.6) is 0 Å². The fourth-order valence-corrected chi connectivity index (χ4v) is 2.73. The third-order valence-electron chi connectivity index (χ3n) is 3.27. The van der Waals surface area contributed by atoms with Crippen LogP contribution in [0.3, 0.4) is 0 Å². The smallest absolute Gasteiger partial charge is 0.0726 e. The molecule has 0 aliphatic carbocycles. The first kappa shape index (κ1) is 12.5. The molecule has 1 aromatic heterocycles. The highest BCUT2D eigenvalue weighted by atomic mass is 15.2. The summed E-state index contributed by atoms with van der Waals surface area (Å²) >= 11 is 0. The Bertz CT molecular complexity index is 342. The van der Waals surface area contributed by atoms with E-state index < -0.39 is 0 Å². The van der Waals surface area contributed by atoms with E-state index in [-0.39, 0.29) is 0 Å². The minimum Gasteiger partial charge on any atom is -0.297 e. The second-order valence-electron chi connectivity index (χ2n) is 6.35. The number of likely N-dealkylation sites (tertiary alicyclic amines) is 1. The molecule has 2 heterocycles. The van der Waals surface area contributed by atoms with E-state index in [0.717, 1.165) is 18.2 Å². The highest BCUT2D eigenvalue weighted by molar-refractivity contribution is 4.95.